The highest BCUT2D eigenvalue weighted by Gasteiger charge is 2.30. The standard InChI is InChI=1S/C14H26N2O3/c1-4-10(3)12(13(17)18)15-14(19)16-9-7-6-8-11(16)5-2/h10-12H,4-9H2,1-3H3,(H,15,19)(H,17,18)/t10?,11?,12-/m0/s1. The molecule has 2 unspecified atom stereocenters. The highest BCUT2D eigenvalue weighted by molar-refractivity contribution is 5.83. The number of amides is 2. The van der Waals surface area contributed by atoms with E-state index in [0.717, 1.165) is 38.6 Å². The lowest BCUT2D eigenvalue weighted by Gasteiger charge is -2.36. The van der Waals surface area contributed by atoms with Crippen LogP contribution in [0.25, 0.3) is 0 Å². The Kier molecular flexibility index (Phi) is 6.12. The molecule has 2 amide bonds. The lowest BCUT2D eigenvalue weighted by molar-refractivity contribution is -0.140. The van der Waals surface area contributed by atoms with Gasteiger partial charge in [0.05, 0.1) is 0 Å². The van der Waals surface area contributed by atoms with Gasteiger partial charge in [0.2, 0.25) is 0 Å². The number of nitrogens with one attached hydrogen (secondary N) is 1. The largest absolute Gasteiger partial charge is 0.480 e. The van der Waals surface area contributed by atoms with Gasteiger partial charge in [-0.05, 0) is 31.6 Å². The zero-order chi connectivity index (χ0) is 14.4. The summed E-state index contributed by atoms with van der Waals surface area (Å²) < 4.78 is 0. The number of carboxylic acid groups (broad SMARTS) is 1. The summed E-state index contributed by atoms with van der Waals surface area (Å²) >= 11 is 0. The fraction of sp³-hybridized carbons (Fsp3) is 0.857. The van der Waals surface area contributed by atoms with Gasteiger partial charge in [-0.1, -0.05) is 27.2 Å². The molecule has 0 aromatic heterocycles. The Morgan fingerprint density at radius 3 is 2.58 bits per heavy atom. The topological polar surface area (TPSA) is 69.6 Å². The molecule has 0 bridgehead atoms. The van der Waals surface area contributed by atoms with Crippen LogP contribution in [-0.2, 0) is 4.79 Å². The number of carbonyl (C=O) groups is 2. The van der Waals surface area contributed by atoms with Crippen molar-refractivity contribution in [3.05, 3.63) is 0 Å². The van der Waals surface area contributed by atoms with E-state index in [1.54, 1.807) is 0 Å². The number of carboxylic acids is 1. The first-order chi connectivity index (χ1) is 9.01. The van der Waals surface area contributed by atoms with E-state index in [1.807, 2.05) is 18.7 Å². The van der Waals surface area contributed by atoms with Crippen LogP contribution in [0.5, 0.6) is 0 Å². The van der Waals surface area contributed by atoms with Crippen LogP contribution >= 0.6 is 0 Å². The van der Waals surface area contributed by atoms with Gasteiger partial charge in [0.15, 0.2) is 0 Å². The van der Waals surface area contributed by atoms with Crippen LogP contribution in [0.4, 0.5) is 4.79 Å². The Morgan fingerprint density at radius 1 is 1.37 bits per heavy atom. The second kappa shape index (κ2) is 7.36. The maximum atomic E-state index is 12.3. The van der Waals surface area contributed by atoms with Gasteiger partial charge in [0, 0.05) is 12.6 Å². The predicted molar refractivity (Wildman–Crippen MR) is 74.0 cm³/mol. The normalized spacial score (nSPS) is 22.7. The molecule has 0 saturated carbocycles. The van der Waals surface area contributed by atoms with Gasteiger partial charge >= 0.3 is 12.0 Å². The summed E-state index contributed by atoms with van der Waals surface area (Å²) in [4.78, 5) is 25.3. The third-order valence-electron chi connectivity index (χ3n) is 4.12. The van der Waals surface area contributed by atoms with E-state index in [-0.39, 0.29) is 18.0 Å². The number of nitrogens with zero attached hydrogens (tertiary/aromatic N) is 1. The van der Waals surface area contributed by atoms with Crippen LogP contribution in [-0.4, -0.2) is 40.6 Å². The number of likely N-dealkylation sites (tertiary alicyclic amines) is 1. The van der Waals surface area contributed by atoms with Crippen LogP contribution in [0.15, 0.2) is 0 Å². The monoisotopic (exact) mass is 270 g/mol. The zero-order valence-corrected chi connectivity index (χ0v) is 12.2. The number of aliphatic carboxylic acids is 1. The van der Waals surface area contributed by atoms with Crippen molar-refractivity contribution in [3.8, 4) is 0 Å². The smallest absolute Gasteiger partial charge is 0.326 e. The molecule has 0 radical (unpaired) electrons. The van der Waals surface area contributed by atoms with Crippen molar-refractivity contribution in [2.75, 3.05) is 6.54 Å². The maximum absolute atomic E-state index is 12.3. The average Bonchev–Trinajstić information content (AvgIpc) is 2.43. The van der Waals surface area contributed by atoms with Gasteiger partial charge < -0.3 is 15.3 Å². The Bertz CT molecular complexity index is 320. The van der Waals surface area contributed by atoms with E-state index >= 15 is 0 Å². The summed E-state index contributed by atoms with van der Waals surface area (Å²) in [5.74, 6) is -1.01. The summed E-state index contributed by atoms with van der Waals surface area (Å²) in [7, 11) is 0. The van der Waals surface area contributed by atoms with Gasteiger partial charge in [-0.25, -0.2) is 9.59 Å². The minimum atomic E-state index is -0.951. The van der Waals surface area contributed by atoms with Gasteiger partial charge in [0.25, 0.3) is 0 Å². The third kappa shape index (κ3) is 4.11. The summed E-state index contributed by atoms with van der Waals surface area (Å²) in [6, 6.07) is -0.767. The zero-order valence-electron chi connectivity index (χ0n) is 12.2. The van der Waals surface area contributed by atoms with E-state index in [9.17, 15) is 14.7 Å². The minimum Gasteiger partial charge on any atom is -0.480 e. The minimum absolute atomic E-state index is 0.0636. The highest BCUT2D eigenvalue weighted by Crippen LogP contribution is 2.20. The quantitative estimate of drug-likeness (QED) is 0.806. The lowest BCUT2D eigenvalue weighted by Crippen LogP contribution is -2.54. The van der Waals surface area contributed by atoms with Gasteiger partial charge in [0.1, 0.15) is 6.04 Å². The Hall–Kier alpha value is -1.26. The van der Waals surface area contributed by atoms with Gasteiger partial charge in [-0.3, -0.25) is 0 Å². The molecule has 1 rings (SSSR count). The first-order valence-corrected chi connectivity index (χ1v) is 7.31. The number of hydrogen-bond donors (Lipinski definition) is 2. The SMILES string of the molecule is CCC(C)[C@H](NC(=O)N1CCCCC1CC)C(=O)O. The Labute approximate surface area is 115 Å². The van der Waals surface area contributed by atoms with Crippen LogP contribution in [0.1, 0.15) is 52.9 Å². The average molecular weight is 270 g/mol. The molecule has 1 aliphatic rings. The van der Waals surface area contributed by atoms with Crippen molar-refractivity contribution in [3.63, 3.8) is 0 Å². The van der Waals surface area contributed by atoms with Gasteiger partial charge in [-0.15, -0.1) is 0 Å². The lowest BCUT2D eigenvalue weighted by atomic mass is 9.98. The van der Waals surface area contributed by atoms with Crippen LogP contribution in [0.2, 0.25) is 0 Å². The molecule has 0 aromatic carbocycles. The molecule has 0 aliphatic carbocycles. The molecule has 1 aliphatic heterocycles. The molecular weight excluding hydrogens is 244 g/mol. The number of piperidine rings is 1. The molecule has 3 atom stereocenters. The third-order valence-corrected chi connectivity index (χ3v) is 4.12. The van der Waals surface area contributed by atoms with Crippen molar-refractivity contribution >= 4 is 12.0 Å². The molecule has 1 fully saturated rings. The fourth-order valence-electron chi connectivity index (χ4n) is 2.59. The summed E-state index contributed by atoms with van der Waals surface area (Å²) in [5.41, 5.74) is 0. The Balaban J connectivity index is 2.67. The molecule has 1 saturated heterocycles. The second-order valence-corrected chi connectivity index (χ2v) is 5.40. The van der Waals surface area contributed by atoms with Crippen molar-refractivity contribution in [2.24, 2.45) is 5.92 Å². The number of carbonyl (C=O) groups excluding carboxylic acids is 1. The predicted octanol–water partition coefficient (Wildman–Crippen LogP) is 2.46. The fourth-order valence-corrected chi connectivity index (χ4v) is 2.59. The van der Waals surface area contributed by atoms with Crippen molar-refractivity contribution in [2.45, 2.75) is 65.0 Å². The van der Waals surface area contributed by atoms with Crippen LogP contribution < -0.4 is 5.32 Å². The molecule has 110 valence electrons. The van der Waals surface area contributed by atoms with E-state index in [1.165, 1.54) is 0 Å². The van der Waals surface area contributed by atoms with Crippen molar-refractivity contribution < 1.29 is 14.7 Å². The summed E-state index contributed by atoms with van der Waals surface area (Å²) in [5, 5.41) is 11.9. The maximum Gasteiger partial charge on any atom is 0.326 e. The van der Waals surface area contributed by atoms with Crippen LogP contribution in [0.3, 0.4) is 0 Å². The summed E-state index contributed by atoms with van der Waals surface area (Å²) in [6.45, 7) is 6.59. The molecule has 5 nitrogen and oxygen atoms in total. The van der Waals surface area contributed by atoms with E-state index < -0.39 is 12.0 Å². The molecule has 19 heavy (non-hydrogen) atoms. The molecule has 2 N–H and O–H groups in total. The first-order valence-electron chi connectivity index (χ1n) is 7.31. The van der Waals surface area contributed by atoms with Crippen LogP contribution in [0, 0.1) is 5.92 Å². The van der Waals surface area contributed by atoms with Gasteiger partial charge in [-0.2, -0.15) is 0 Å². The first kappa shape index (κ1) is 15.8. The second-order valence-electron chi connectivity index (χ2n) is 5.40. The number of hydrogen-bond acceptors (Lipinski definition) is 2. The summed E-state index contributed by atoms with van der Waals surface area (Å²) in [6.07, 6.45) is 4.83. The van der Waals surface area contributed by atoms with E-state index in [0.29, 0.717) is 0 Å². The van der Waals surface area contributed by atoms with E-state index in [2.05, 4.69) is 12.2 Å². The molecule has 0 spiro atoms. The number of urea groups is 1. The number of rotatable bonds is 5. The molecular formula is C14H26N2O3. The van der Waals surface area contributed by atoms with Crippen molar-refractivity contribution in [1.82, 2.24) is 10.2 Å². The molecule has 1 heterocycles. The van der Waals surface area contributed by atoms with E-state index in [4.69, 9.17) is 0 Å². The Morgan fingerprint density at radius 2 is 2.05 bits per heavy atom. The molecule has 0 aromatic rings. The van der Waals surface area contributed by atoms with Crippen molar-refractivity contribution in [1.29, 1.82) is 0 Å². The highest BCUT2D eigenvalue weighted by atomic mass is 16.4. The molecule has 5 heteroatoms.